The molecule has 0 bridgehead atoms. The molecule has 2 rings (SSSR count). The lowest BCUT2D eigenvalue weighted by atomic mass is 10.1. The maximum Gasteiger partial charge on any atom is 0.318 e. The number of hydrogen-bond acceptors (Lipinski definition) is 3. The molecule has 1 aromatic rings. The highest BCUT2D eigenvalue weighted by molar-refractivity contribution is 7.89. The fourth-order valence-corrected chi connectivity index (χ4v) is 4.57. The first-order chi connectivity index (χ1) is 10.4. The summed E-state index contributed by atoms with van der Waals surface area (Å²) < 4.78 is 26.9. The fraction of sp³-hybridized carbons (Fsp3) is 0.562. The molecule has 0 unspecified atom stereocenters. The van der Waals surface area contributed by atoms with Gasteiger partial charge >= 0.3 is 5.97 Å². The van der Waals surface area contributed by atoms with Crippen LogP contribution in [-0.4, -0.2) is 36.4 Å². The maximum atomic E-state index is 12.9. The summed E-state index contributed by atoms with van der Waals surface area (Å²) in [5.74, 6) is -1.11. The lowest BCUT2D eigenvalue weighted by molar-refractivity contribution is -0.137. The highest BCUT2D eigenvalue weighted by Gasteiger charge is 2.33. The summed E-state index contributed by atoms with van der Waals surface area (Å²) in [6, 6.07) is 6.36. The van der Waals surface area contributed by atoms with Crippen LogP contribution in [0.5, 0.6) is 0 Å². The van der Waals surface area contributed by atoms with Gasteiger partial charge in [0.2, 0.25) is 10.0 Å². The molecule has 0 aromatic heterocycles. The molecular weight excluding hydrogens is 302 g/mol. The molecule has 22 heavy (non-hydrogen) atoms. The molecule has 5 nitrogen and oxygen atoms in total. The number of carboxylic acid groups (broad SMARTS) is 1. The highest BCUT2D eigenvalue weighted by Crippen LogP contribution is 2.27. The number of rotatable bonds is 5. The van der Waals surface area contributed by atoms with Gasteiger partial charge in [-0.05, 0) is 31.9 Å². The van der Waals surface area contributed by atoms with Crippen molar-refractivity contribution in [2.24, 2.45) is 0 Å². The molecule has 1 fully saturated rings. The molecule has 1 saturated carbocycles. The third-order valence-electron chi connectivity index (χ3n) is 4.15. The average Bonchev–Trinajstić information content (AvgIpc) is 2.73. The van der Waals surface area contributed by atoms with Crippen LogP contribution >= 0.6 is 0 Å². The van der Waals surface area contributed by atoms with Crippen LogP contribution in [0.15, 0.2) is 29.2 Å². The van der Waals surface area contributed by atoms with Gasteiger partial charge in [0.25, 0.3) is 0 Å². The first-order valence-electron chi connectivity index (χ1n) is 7.71. The Morgan fingerprint density at radius 2 is 1.68 bits per heavy atom. The van der Waals surface area contributed by atoms with E-state index in [0.717, 1.165) is 44.1 Å². The van der Waals surface area contributed by atoms with E-state index in [1.807, 2.05) is 6.92 Å². The summed E-state index contributed by atoms with van der Waals surface area (Å²) in [4.78, 5) is 11.3. The molecule has 0 saturated heterocycles. The van der Waals surface area contributed by atoms with Gasteiger partial charge in [0, 0.05) is 6.04 Å². The molecule has 0 aliphatic heterocycles. The van der Waals surface area contributed by atoms with Crippen LogP contribution in [0.4, 0.5) is 0 Å². The molecule has 6 heteroatoms. The zero-order valence-corrected chi connectivity index (χ0v) is 13.7. The number of aliphatic carboxylic acids is 1. The summed E-state index contributed by atoms with van der Waals surface area (Å²) >= 11 is 0. The van der Waals surface area contributed by atoms with E-state index in [9.17, 15) is 13.2 Å². The third-order valence-corrected chi connectivity index (χ3v) is 6.06. The zero-order valence-electron chi connectivity index (χ0n) is 12.9. The number of aryl methyl sites for hydroxylation is 1. The van der Waals surface area contributed by atoms with Crippen LogP contribution in [0.1, 0.15) is 44.1 Å². The molecule has 1 aromatic carbocycles. The van der Waals surface area contributed by atoms with E-state index in [2.05, 4.69) is 0 Å². The number of nitrogens with zero attached hydrogens (tertiary/aromatic N) is 1. The van der Waals surface area contributed by atoms with Gasteiger partial charge in [0.15, 0.2) is 0 Å². The molecule has 0 amide bonds. The third kappa shape index (κ3) is 4.08. The van der Waals surface area contributed by atoms with Crippen molar-refractivity contribution in [2.45, 2.75) is 56.4 Å². The van der Waals surface area contributed by atoms with Crippen molar-refractivity contribution in [1.82, 2.24) is 4.31 Å². The topological polar surface area (TPSA) is 74.7 Å². The number of carbonyl (C=O) groups is 1. The summed E-state index contributed by atoms with van der Waals surface area (Å²) in [5.41, 5.74) is 0.971. The second-order valence-electron chi connectivity index (χ2n) is 5.90. The van der Waals surface area contributed by atoms with Crippen molar-refractivity contribution in [1.29, 1.82) is 0 Å². The van der Waals surface area contributed by atoms with E-state index in [0.29, 0.717) is 0 Å². The summed E-state index contributed by atoms with van der Waals surface area (Å²) in [5, 5.41) is 9.13. The standard InChI is InChI=1S/C16H23NO4S/c1-13-8-10-15(11-9-13)22(20,21)17(12-16(18)19)14-6-4-2-3-5-7-14/h8-11,14H,2-7,12H2,1H3,(H,18,19). The Bertz CT molecular complexity index is 602. The molecule has 1 aliphatic rings. The second-order valence-corrected chi connectivity index (χ2v) is 7.79. The van der Waals surface area contributed by atoms with Gasteiger partial charge in [-0.15, -0.1) is 0 Å². The molecular formula is C16H23NO4S. The van der Waals surface area contributed by atoms with Gasteiger partial charge in [-0.1, -0.05) is 43.4 Å². The predicted molar refractivity (Wildman–Crippen MR) is 84.2 cm³/mol. The first kappa shape index (κ1) is 17.0. The molecule has 1 aliphatic carbocycles. The van der Waals surface area contributed by atoms with Crippen LogP contribution in [0.2, 0.25) is 0 Å². The number of sulfonamides is 1. The normalized spacial score (nSPS) is 17.4. The smallest absolute Gasteiger partial charge is 0.318 e. The number of benzene rings is 1. The van der Waals surface area contributed by atoms with Crippen LogP contribution < -0.4 is 0 Å². The second kappa shape index (κ2) is 7.24. The molecule has 122 valence electrons. The Hall–Kier alpha value is -1.40. The van der Waals surface area contributed by atoms with E-state index in [1.165, 1.54) is 4.31 Å². The summed E-state index contributed by atoms with van der Waals surface area (Å²) in [6.07, 6.45) is 5.54. The van der Waals surface area contributed by atoms with Crippen LogP contribution in [-0.2, 0) is 14.8 Å². The fourth-order valence-electron chi connectivity index (χ4n) is 2.94. The molecule has 0 spiro atoms. The van der Waals surface area contributed by atoms with Gasteiger partial charge < -0.3 is 5.11 Å². The Kier molecular flexibility index (Phi) is 5.58. The largest absolute Gasteiger partial charge is 0.480 e. The van der Waals surface area contributed by atoms with Crippen molar-refractivity contribution in [3.63, 3.8) is 0 Å². The van der Waals surface area contributed by atoms with Gasteiger partial charge in [0.05, 0.1) is 4.90 Å². The monoisotopic (exact) mass is 325 g/mol. The molecule has 0 radical (unpaired) electrons. The molecule has 0 atom stereocenters. The zero-order chi connectivity index (χ0) is 16.2. The Labute approximate surface area is 132 Å². The van der Waals surface area contributed by atoms with E-state index in [1.54, 1.807) is 24.3 Å². The van der Waals surface area contributed by atoms with E-state index in [-0.39, 0.29) is 10.9 Å². The van der Waals surface area contributed by atoms with Crippen molar-refractivity contribution in [3.05, 3.63) is 29.8 Å². The highest BCUT2D eigenvalue weighted by atomic mass is 32.2. The van der Waals surface area contributed by atoms with Gasteiger partial charge in [-0.2, -0.15) is 4.31 Å². The van der Waals surface area contributed by atoms with E-state index < -0.39 is 22.5 Å². The predicted octanol–water partition coefficient (Wildman–Crippen LogP) is 2.79. The minimum Gasteiger partial charge on any atom is -0.480 e. The number of hydrogen-bond donors (Lipinski definition) is 1. The minimum atomic E-state index is -3.78. The first-order valence-corrected chi connectivity index (χ1v) is 9.15. The van der Waals surface area contributed by atoms with Gasteiger partial charge in [-0.3, -0.25) is 4.79 Å². The summed E-state index contributed by atoms with van der Waals surface area (Å²) in [7, 11) is -3.78. The van der Waals surface area contributed by atoms with Gasteiger partial charge in [-0.25, -0.2) is 8.42 Å². The molecule has 0 heterocycles. The van der Waals surface area contributed by atoms with Crippen molar-refractivity contribution in [2.75, 3.05) is 6.54 Å². The average molecular weight is 325 g/mol. The maximum absolute atomic E-state index is 12.9. The van der Waals surface area contributed by atoms with Crippen LogP contribution in [0, 0.1) is 6.92 Å². The van der Waals surface area contributed by atoms with Crippen molar-refractivity contribution >= 4 is 16.0 Å². The number of carboxylic acids is 1. The SMILES string of the molecule is Cc1ccc(S(=O)(=O)N(CC(=O)O)C2CCCCCC2)cc1. The van der Waals surface area contributed by atoms with Gasteiger partial charge in [0.1, 0.15) is 6.54 Å². The van der Waals surface area contributed by atoms with Crippen molar-refractivity contribution < 1.29 is 18.3 Å². The van der Waals surface area contributed by atoms with Crippen LogP contribution in [0.25, 0.3) is 0 Å². The Morgan fingerprint density at radius 3 is 2.18 bits per heavy atom. The van der Waals surface area contributed by atoms with E-state index in [4.69, 9.17) is 5.11 Å². The summed E-state index contributed by atoms with van der Waals surface area (Å²) in [6.45, 7) is 1.41. The van der Waals surface area contributed by atoms with E-state index >= 15 is 0 Å². The lowest BCUT2D eigenvalue weighted by Gasteiger charge is -2.29. The Balaban J connectivity index is 2.33. The van der Waals surface area contributed by atoms with Crippen molar-refractivity contribution in [3.8, 4) is 0 Å². The van der Waals surface area contributed by atoms with Crippen LogP contribution in [0.3, 0.4) is 0 Å². The molecule has 1 N–H and O–H groups in total. The lowest BCUT2D eigenvalue weighted by Crippen LogP contribution is -2.43. The minimum absolute atomic E-state index is 0.170. The quantitative estimate of drug-likeness (QED) is 0.845. The Morgan fingerprint density at radius 1 is 1.14 bits per heavy atom.